The first-order valence-electron chi connectivity index (χ1n) is 18.5. The van der Waals surface area contributed by atoms with Gasteiger partial charge < -0.3 is 59.1 Å². The molecule has 15 nitrogen and oxygen atoms in total. The third kappa shape index (κ3) is 15.4. The molecule has 4 aromatic rings. The summed E-state index contributed by atoms with van der Waals surface area (Å²) < 4.78 is 24.8. The Bertz CT molecular complexity index is 1740. The molecule has 0 fully saturated rings. The highest BCUT2D eigenvalue weighted by Gasteiger charge is 2.13. The molecule has 0 saturated heterocycles. The van der Waals surface area contributed by atoms with Gasteiger partial charge in [-0.2, -0.15) is 0 Å². The van der Waals surface area contributed by atoms with E-state index in [-0.39, 0.29) is 17.9 Å². The van der Waals surface area contributed by atoms with Gasteiger partial charge in [0.05, 0.1) is 32.3 Å². The van der Waals surface area contributed by atoms with Gasteiger partial charge in [-0.3, -0.25) is 20.0 Å². The SMILES string of the molecule is CC(N)=NCCCOc1cc(OCCCN=C(N)N)cc(-c2cc(-c3ccccc3)cc(-c3cc(OCCCN=C(N)N)cc(OCCCN=C(N)N)c3)c2)c1. The Balaban J connectivity index is 1.75. The summed E-state index contributed by atoms with van der Waals surface area (Å²) in [6.07, 6.45) is 2.59. The second-order valence-corrected chi connectivity index (χ2v) is 12.8. The van der Waals surface area contributed by atoms with Gasteiger partial charge in [-0.15, -0.1) is 0 Å². The van der Waals surface area contributed by atoms with Crippen molar-refractivity contribution in [1.82, 2.24) is 0 Å². The highest BCUT2D eigenvalue weighted by Crippen LogP contribution is 2.38. The van der Waals surface area contributed by atoms with E-state index < -0.39 is 0 Å². The summed E-state index contributed by atoms with van der Waals surface area (Å²) in [6, 6.07) is 28.4. The van der Waals surface area contributed by atoms with Crippen LogP contribution in [0, 0.1) is 0 Å². The lowest BCUT2D eigenvalue weighted by atomic mass is 9.93. The van der Waals surface area contributed by atoms with Gasteiger partial charge in [0, 0.05) is 64.0 Å². The molecule has 56 heavy (non-hydrogen) atoms. The molecule has 0 saturated carbocycles. The van der Waals surface area contributed by atoms with Gasteiger partial charge in [0.25, 0.3) is 0 Å². The maximum absolute atomic E-state index is 6.22. The summed E-state index contributed by atoms with van der Waals surface area (Å²) in [6.45, 7) is 5.36. The second-order valence-electron chi connectivity index (χ2n) is 12.8. The van der Waals surface area contributed by atoms with Crippen LogP contribution in [0.2, 0.25) is 0 Å². The van der Waals surface area contributed by atoms with Gasteiger partial charge in [0.15, 0.2) is 17.9 Å². The molecule has 298 valence electrons. The largest absolute Gasteiger partial charge is 0.493 e. The third-order valence-corrected chi connectivity index (χ3v) is 8.00. The van der Waals surface area contributed by atoms with Crippen LogP contribution in [0.15, 0.2) is 105 Å². The normalized spacial score (nSPS) is 11.0. The van der Waals surface area contributed by atoms with Gasteiger partial charge in [0.1, 0.15) is 23.0 Å². The number of nitrogens with two attached hydrogens (primary N) is 7. The molecule has 0 atom stereocenters. The summed E-state index contributed by atoms with van der Waals surface area (Å²) in [5, 5.41) is 0. The highest BCUT2D eigenvalue weighted by atomic mass is 16.5. The predicted molar refractivity (Wildman–Crippen MR) is 227 cm³/mol. The molecule has 4 rings (SSSR count). The number of aliphatic imine (C=N–C) groups is 4. The van der Waals surface area contributed by atoms with E-state index in [4.69, 9.17) is 59.1 Å². The van der Waals surface area contributed by atoms with Crippen LogP contribution in [-0.2, 0) is 0 Å². The van der Waals surface area contributed by atoms with E-state index >= 15 is 0 Å². The van der Waals surface area contributed by atoms with Gasteiger partial charge in [-0.1, -0.05) is 30.3 Å². The molecule has 0 spiro atoms. The van der Waals surface area contributed by atoms with Crippen LogP contribution in [-0.4, -0.2) is 76.3 Å². The van der Waals surface area contributed by atoms with Crippen molar-refractivity contribution >= 4 is 23.7 Å². The Kier molecular flexibility index (Phi) is 17.0. The standard InChI is InChI=1S/C41H55N11O4/c1-28(42)49-11-5-15-53-35-22-33(23-36(26-35)54-16-6-12-50-39(43)44)31-19-30(29-9-3-2-4-10-29)20-32(21-31)34-24-37(55-17-7-13-51-40(45)46)27-38(25-34)56-18-8-14-52-41(47)48/h2-4,9-10,19-27H,5-8,11-18H2,1H3,(H2,42,49)(H4,43,44,50)(H4,45,46,51)(H4,47,48,52). The molecule has 0 heterocycles. The highest BCUT2D eigenvalue weighted by molar-refractivity contribution is 5.83. The van der Waals surface area contributed by atoms with E-state index in [0.717, 1.165) is 33.4 Å². The first-order chi connectivity index (χ1) is 27.0. The van der Waals surface area contributed by atoms with Crippen LogP contribution >= 0.6 is 0 Å². The van der Waals surface area contributed by atoms with Crippen molar-refractivity contribution in [3.8, 4) is 56.4 Å². The van der Waals surface area contributed by atoms with Gasteiger partial charge in [0.2, 0.25) is 0 Å². The maximum atomic E-state index is 6.22. The Morgan fingerprint density at radius 3 is 1.02 bits per heavy atom. The van der Waals surface area contributed by atoms with E-state index in [0.29, 0.717) is 107 Å². The summed E-state index contributed by atoms with van der Waals surface area (Å²) in [4.78, 5) is 16.5. The fraction of sp³-hybridized carbons (Fsp3) is 0.317. The zero-order valence-corrected chi connectivity index (χ0v) is 32.0. The van der Waals surface area contributed by atoms with Crippen LogP contribution in [0.5, 0.6) is 23.0 Å². The van der Waals surface area contributed by atoms with Crippen LogP contribution < -0.4 is 59.1 Å². The number of ether oxygens (including phenoxy) is 4. The van der Waals surface area contributed by atoms with Gasteiger partial charge in [-0.05, 0) is 82.8 Å². The zero-order valence-electron chi connectivity index (χ0n) is 32.0. The minimum absolute atomic E-state index is 0.0449. The van der Waals surface area contributed by atoms with Crippen molar-refractivity contribution in [1.29, 1.82) is 0 Å². The Morgan fingerprint density at radius 1 is 0.393 bits per heavy atom. The van der Waals surface area contributed by atoms with Gasteiger partial charge >= 0.3 is 0 Å². The fourth-order valence-corrected chi connectivity index (χ4v) is 5.47. The van der Waals surface area contributed by atoms with Crippen LogP contribution in [0.3, 0.4) is 0 Å². The number of amidine groups is 1. The molecule has 0 bridgehead atoms. The summed E-state index contributed by atoms with van der Waals surface area (Å²) in [7, 11) is 0. The molecule has 0 aliphatic carbocycles. The first-order valence-corrected chi connectivity index (χ1v) is 18.5. The van der Waals surface area contributed by atoms with Crippen LogP contribution in [0.4, 0.5) is 0 Å². The lowest BCUT2D eigenvalue weighted by Gasteiger charge is -2.16. The molecule has 14 N–H and O–H groups in total. The molecule has 4 aromatic carbocycles. The number of benzene rings is 4. The maximum Gasteiger partial charge on any atom is 0.185 e. The lowest BCUT2D eigenvalue weighted by Crippen LogP contribution is -2.23. The average Bonchev–Trinajstić information content (AvgIpc) is 3.17. The molecular weight excluding hydrogens is 711 g/mol. The molecule has 0 unspecified atom stereocenters. The van der Waals surface area contributed by atoms with E-state index in [2.05, 4.69) is 50.3 Å². The zero-order chi connectivity index (χ0) is 40.1. The summed E-state index contributed by atoms with van der Waals surface area (Å²) >= 11 is 0. The number of guanidine groups is 3. The van der Waals surface area contributed by atoms with Crippen molar-refractivity contribution in [2.75, 3.05) is 52.6 Å². The van der Waals surface area contributed by atoms with Crippen molar-refractivity contribution in [2.24, 2.45) is 60.1 Å². The molecule has 0 aliphatic heterocycles. The molecule has 0 radical (unpaired) electrons. The summed E-state index contributed by atoms with van der Waals surface area (Å²) in [5.74, 6) is 3.27. The van der Waals surface area contributed by atoms with Crippen molar-refractivity contribution < 1.29 is 18.9 Å². The number of nitrogens with zero attached hydrogens (tertiary/aromatic N) is 4. The fourth-order valence-electron chi connectivity index (χ4n) is 5.47. The van der Waals surface area contributed by atoms with Crippen LogP contribution in [0.1, 0.15) is 32.6 Å². The second kappa shape index (κ2) is 22.5. The Morgan fingerprint density at radius 2 is 0.696 bits per heavy atom. The Labute approximate surface area is 328 Å². The Hall–Kier alpha value is -6.64. The quantitative estimate of drug-likeness (QED) is 0.0323. The predicted octanol–water partition coefficient (Wildman–Crippen LogP) is 3.96. The molecule has 15 heteroatoms. The minimum Gasteiger partial charge on any atom is -0.493 e. The van der Waals surface area contributed by atoms with Crippen molar-refractivity contribution in [3.05, 3.63) is 84.9 Å². The van der Waals surface area contributed by atoms with Crippen molar-refractivity contribution in [2.45, 2.75) is 32.6 Å². The summed E-state index contributed by atoms with van der Waals surface area (Å²) in [5.41, 5.74) is 44.5. The van der Waals surface area contributed by atoms with Crippen molar-refractivity contribution in [3.63, 3.8) is 0 Å². The number of hydrogen-bond donors (Lipinski definition) is 7. The minimum atomic E-state index is 0.0449. The first kappa shape index (κ1) is 42.1. The van der Waals surface area contributed by atoms with E-state index in [1.54, 1.807) is 6.92 Å². The number of rotatable bonds is 23. The monoisotopic (exact) mass is 765 g/mol. The molecule has 0 aliphatic rings. The number of hydrogen-bond acceptors (Lipinski definition) is 8. The molecule has 0 aromatic heterocycles. The lowest BCUT2D eigenvalue weighted by molar-refractivity contribution is 0.298. The molecular formula is C41H55N11O4. The topological polar surface area (TPSA) is 268 Å². The average molecular weight is 766 g/mol. The van der Waals surface area contributed by atoms with Gasteiger partial charge in [-0.25, -0.2) is 0 Å². The van der Waals surface area contributed by atoms with E-state index in [1.165, 1.54) is 0 Å². The third-order valence-electron chi connectivity index (χ3n) is 8.00. The smallest absolute Gasteiger partial charge is 0.185 e. The van der Waals surface area contributed by atoms with Crippen LogP contribution in [0.25, 0.3) is 33.4 Å². The van der Waals surface area contributed by atoms with E-state index in [9.17, 15) is 0 Å². The molecule has 0 amide bonds. The van der Waals surface area contributed by atoms with E-state index in [1.807, 2.05) is 54.6 Å².